The van der Waals surface area contributed by atoms with E-state index in [1.165, 1.54) is 43.3 Å². The highest BCUT2D eigenvalue weighted by atomic mass is 32.2. The second-order valence-corrected chi connectivity index (χ2v) is 8.14. The van der Waals surface area contributed by atoms with Crippen molar-refractivity contribution in [1.82, 2.24) is 4.90 Å². The summed E-state index contributed by atoms with van der Waals surface area (Å²) in [6.07, 6.45) is 0. The van der Waals surface area contributed by atoms with Crippen molar-refractivity contribution in [2.24, 2.45) is 5.73 Å². The number of benzene rings is 2. The Balaban J connectivity index is 2.31. The number of nitrogens with zero attached hydrogens (tertiary/aromatic N) is 2. The normalized spacial score (nSPS) is 12.3. The smallest absolute Gasteiger partial charge is 0.264 e. The second kappa shape index (κ2) is 8.41. The Morgan fingerprint density at radius 2 is 1.70 bits per heavy atom. The monoisotopic (exact) mass is 391 g/mol. The van der Waals surface area contributed by atoms with Gasteiger partial charge < -0.3 is 15.4 Å². The van der Waals surface area contributed by atoms with Crippen LogP contribution in [-0.4, -0.2) is 53.0 Å². The van der Waals surface area contributed by atoms with Crippen LogP contribution in [0.25, 0.3) is 0 Å². The molecule has 0 aliphatic carbocycles. The Bertz CT molecular complexity index is 897. The van der Waals surface area contributed by atoms with Gasteiger partial charge in [-0.05, 0) is 43.3 Å². The summed E-state index contributed by atoms with van der Waals surface area (Å²) < 4.78 is 32.3. The number of hydrogen-bond donors (Lipinski definition) is 1. The van der Waals surface area contributed by atoms with Crippen molar-refractivity contribution in [2.45, 2.75) is 17.9 Å². The molecular formula is C19H25N3O4S. The first kappa shape index (κ1) is 20.7. The van der Waals surface area contributed by atoms with Crippen LogP contribution < -0.4 is 14.8 Å². The summed E-state index contributed by atoms with van der Waals surface area (Å²) in [7, 11) is 0.813. The van der Waals surface area contributed by atoms with Gasteiger partial charge in [0, 0.05) is 32.2 Å². The van der Waals surface area contributed by atoms with E-state index in [1.807, 2.05) is 6.92 Å². The number of amides is 1. The fourth-order valence-electron chi connectivity index (χ4n) is 2.51. The minimum atomic E-state index is -3.80. The third-order valence-corrected chi connectivity index (χ3v) is 6.29. The molecule has 0 radical (unpaired) electrons. The molecule has 0 aliphatic rings. The molecule has 0 aromatic heterocycles. The van der Waals surface area contributed by atoms with Gasteiger partial charge in [-0.2, -0.15) is 0 Å². The maximum Gasteiger partial charge on any atom is 0.264 e. The van der Waals surface area contributed by atoms with E-state index in [0.29, 0.717) is 23.5 Å². The molecule has 0 heterocycles. The molecule has 1 amide bonds. The number of ether oxygens (including phenoxy) is 1. The zero-order valence-electron chi connectivity index (χ0n) is 15.9. The lowest BCUT2D eigenvalue weighted by molar-refractivity contribution is 0.0748. The van der Waals surface area contributed by atoms with Crippen molar-refractivity contribution in [3.63, 3.8) is 0 Å². The van der Waals surface area contributed by atoms with E-state index in [-0.39, 0.29) is 16.8 Å². The van der Waals surface area contributed by atoms with Crippen LogP contribution >= 0.6 is 0 Å². The molecule has 146 valence electrons. The molecule has 1 unspecified atom stereocenters. The quantitative estimate of drug-likeness (QED) is 0.779. The van der Waals surface area contributed by atoms with E-state index in [2.05, 4.69) is 0 Å². The Labute approximate surface area is 160 Å². The van der Waals surface area contributed by atoms with Crippen LogP contribution in [0.5, 0.6) is 5.75 Å². The van der Waals surface area contributed by atoms with E-state index in [9.17, 15) is 13.2 Å². The van der Waals surface area contributed by atoms with Crippen molar-refractivity contribution in [3.8, 4) is 5.75 Å². The molecule has 0 aliphatic heterocycles. The lowest BCUT2D eigenvalue weighted by Gasteiger charge is -2.24. The number of hydrogen-bond acceptors (Lipinski definition) is 5. The van der Waals surface area contributed by atoms with Crippen LogP contribution in [0.15, 0.2) is 53.4 Å². The van der Waals surface area contributed by atoms with Crippen molar-refractivity contribution < 1.29 is 17.9 Å². The van der Waals surface area contributed by atoms with Gasteiger partial charge >= 0.3 is 0 Å². The first-order valence-corrected chi connectivity index (χ1v) is 9.87. The molecule has 7 nitrogen and oxygen atoms in total. The van der Waals surface area contributed by atoms with Crippen LogP contribution in [0, 0.1) is 0 Å². The summed E-state index contributed by atoms with van der Waals surface area (Å²) in [6, 6.07) is 12.6. The van der Waals surface area contributed by atoms with Gasteiger partial charge in [0.2, 0.25) is 0 Å². The van der Waals surface area contributed by atoms with Crippen LogP contribution in [0.3, 0.4) is 0 Å². The maximum atomic E-state index is 12.9. The minimum absolute atomic E-state index is 0.0852. The van der Waals surface area contributed by atoms with Crippen LogP contribution in [-0.2, 0) is 10.0 Å². The number of methoxy groups -OCH3 is 1. The maximum absolute atomic E-state index is 12.9. The fraction of sp³-hybridized carbons (Fsp3) is 0.316. The third kappa shape index (κ3) is 4.23. The number of likely N-dealkylation sites (N-methyl/N-ethyl adjacent to an activating group) is 1. The molecule has 0 fully saturated rings. The van der Waals surface area contributed by atoms with Crippen molar-refractivity contribution in [2.75, 3.05) is 32.1 Å². The van der Waals surface area contributed by atoms with Gasteiger partial charge in [0.05, 0.1) is 17.7 Å². The number of carbonyl (C=O) groups is 1. The highest BCUT2D eigenvalue weighted by Gasteiger charge is 2.24. The minimum Gasteiger partial charge on any atom is -0.495 e. The van der Waals surface area contributed by atoms with E-state index < -0.39 is 10.0 Å². The standard InChI is InChI=1S/C19H25N3O4S/c1-14(13-20)21(2)19(23)15-9-11-16(12-10-15)27(24,25)22(3)17-7-5-6-8-18(17)26-4/h5-12,14H,13,20H2,1-4H3. The largest absolute Gasteiger partial charge is 0.495 e. The predicted octanol–water partition coefficient (Wildman–Crippen LogP) is 1.94. The van der Waals surface area contributed by atoms with E-state index in [1.54, 1.807) is 31.3 Å². The Morgan fingerprint density at radius 1 is 1.11 bits per heavy atom. The van der Waals surface area contributed by atoms with Gasteiger partial charge in [-0.25, -0.2) is 8.42 Å². The highest BCUT2D eigenvalue weighted by molar-refractivity contribution is 7.92. The molecule has 2 aromatic rings. The zero-order chi connectivity index (χ0) is 20.2. The van der Waals surface area contributed by atoms with Gasteiger partial charge in [-0.15, -0.1) is 0 Å². The number of nitrogens with two attached hydrogens (primary N) is 1. The second-order valence-electron chi connectivity index (χ2n) is 6.17. The van der Waals surface area contributed by atoms with E-state index in [0.717, 1.165) is 4.31 Å². The van der Waals surface area contributed by atoms with E-state index in [4.69, 9.17) is 10.5 Å². The third-order valence-electron chi connectivity index (χ3n) is 4.51. The van der Waals surface area contributed by atoms with Crippen molar-refractivity contribution in [1.29, 1.82) is 0 Å². The average molecular weight is 391 g/mol. The van der Waals surface area contributed by atoms with Crippen molar-refractivity contribution >= 4 is 21.6 Å². The van der Waals surface area contributed by atoms with Gasteiger partial charge in [0.1, 0.15) is 5.75 Å². The Hall–Kier alpha value is -2.58. The summed E-state index contributed by atoms with van der Waals surface area (Å²) >= 11 is 0. The summed E-state index contributed by atoms with van der Waals surface area (Å²) in [5.41, 5.74) is 6.42. The van der Waals surface area contributed by atoms with Crippen LogP contribution in [0.1, 0.15) is 17.3 Å². The molecule has 0 saturated carbocycles. The summed E-state index contributed by atoms with van der Waals surface area (Å²) in [5.74, 6) is 0.239. The van der Waals surface area contributed by atoms with E-state index >= 15 is 0 Å². The first-order valence-electron chi connectivity index (χ1n) is 8.43. The number of para-hydroxylation sites is 2. The fourth-order valence-corrected chi connectivity index (χ4v) is 3.71. The number of anilines is 1. The molecule has 0 spiro atoms. The van der Waals surface area contributed by atoms with Crippen LogP contribution in [0.2, 0.25) is 0 Å². The highest BCUT2D eigenvalue weighted by Crippen LogP contribution is 2.30. The van der Waals surface area contributed by atoms with Gasteiger partial charge in [-0.1, -0.05) is 12.1 Å². The molecule has 2 rings (SSSR count). The first-order chi connectivity index (χ1) is 12.7. The average Bonchev–Trinajstić information content (AvgIpc) is 2.71. The Morgan fingerprint density at radius 3 is 2.26 bits per heavy atom. The molecule has 27 heavy (non-hydrogen) atoms. The molecule has 0 bridgehead atoms. The summed E-state index contributed by atoms with van der Waals surface area (Å²) in [4.78, 5) is 14.1. The zero-order valence-corrected chi connectivity index (χ0v) is 16.7. The molecule has 8 heteroatoms. The lowest BCUT2D eigenvalue weighted by atomic mass is 10.2. The predicted molar refractivity (Wildman–Crippen MR) is 106 cm³/mol. The van der Waals surface area contributed by atoms with Gasteiger partial charge in [-0.3, -0.25) is 9.10 Å². The Kier molecular flexibility index (Phi) is 6.45. The lowest BCUT2D eigenvalue weighted by Crippen LogP contribution is -2.39. The molecule has 2 aromatic carbocycles. The van der Waals surface area contributed by atoms with Crippen LogP contribution in [0.4, 0.5) is 5.69 Å². The summed E-state index contributed by atoms with van der Waals surface area (Å²) in [6.45, 7) is 2.19. The molecule has 1 atom stereocenters. The van der Waals surface area contributed by atoms with Crippen molar-refractivity contribution in [3.05, 3.63) is 54.1 Å². The van der Waals surface area contributed by atoms with Gasteiger partial charge in [0.15, 0.2) is 0 Å². The molecule has 2 N–H and O–H groups in total. The number of sulfonamides is 1. The summed E-state index contributed by atoms with van der Waals surface area (Å²) in [5, 5.41) is 0. The topological polar surface area (TPSA) is 92.9 Å². The SMILES string of the molecule is COc1ccccc1N(C)S(=O)(=O)c1ccc(C(=O)N(C)C(C)CN)cc1. The molecule has 0 saturated heterocycles. The number of rotatable bonds is 7. The van der Waals surface area contributed by atoms with Gasteiger partial charge in [0.25, 0.3) is 15.9 Å². The number of carbonyl (C=O) groups excluding carboxylic acids is 1. The molecular weight excluding hydrogens is 366 g/mol.